The van der Waals surface area contributed by atoms with E-state index >= 15 is 0 Å². The van der Waals surface area contributed by atoms with Crippen LogP contribution in [0.15, 0.2) is 101 Å². The summed E-state index contributed by atoms with van der Waals surface area (Å²) in [6.07, 6.45) is 0. The van der Waals surface area contributed by atoms with Gasteiger partial charge < -0.3 is 9.73 Å². The molecule has 0 saturated heterocycles. The fraction of sp³-hybridized carbons (Fsp3) is 0.0968. The van der Waals surface area contributed by atoms with E-state index in [1.165, 1.54) is 27.6 Å². The molecule has 1 aliphatic rings. The van der Waals surface area contributed by atoms with Crippen LogP contribution in [0.4, 0.5) is 11.4 Å². The quantitative estimate of drug-likeness (QED) is 0.300. The normalized spacial score (nSPS) is 14.0. The summed E-state index contributed by atoms with van der Waals surface area (Å²) in [6, 6.07) is 34.6. The maximum Gasteiger partial charge on any atom is 0.143 e. The zero-order valence-electron chi connectivity index (χ0n) is 18.6. The molecule has 1 aliphatic carbocycles. The van der Waals surface area contributed by atoms with Gasteiger partial charge in [0.2, 0.25) is 0 Å². The number of hydrogen-bond donors (Lipinski definition) is 1. The third-order valence-electron chi connectivity index (χ3n) is 7.23. The summed E-state index contributed by atoms with van der Waals surface area (Å²) in [4.78, 5) is 0. The van der Waals surface area contributed by atoms with Gasteiger partial charge in [0.05, 0.1) is 0 Å². The molecule has 0 aliphatic heterocycles. The zero-order chi connectivity index (χ0) is 22.2. The minimum Gasteiger partial charge on any atom is -0.455 e. The predicted molar refractivity (Wildman–Crippen MR) is 139 cm³/mol. The number of fused-ring (bicyclic) bond motifs is 8. The molecule has 2 nitrogen and oxygen atoms in total. The van der Waals surface area contributed by atoms with Gasteiger partial charge in [-0.3, -0.25) is 0 Å². The van der Waals surface area contributed by atoms with E-state index in [4.69, 9.17) is 4.42 Å². The highest BCUT2D eigenvalue weighted by atomic mass is 16.3. The van der Waals surface area contributed by atoms with Crippen LogP contribution in [0.25, 0.3) is 43.8 Å². The van der Waals surface area contributed by atoms with E-state index in [1.54, 1.807) is 0 Å². The Labute approximate surface area is 192 Å². The Kier molecular flexibility index (Phi) is 3.64. The Morgan fingerprint density at radius 2 is 1.36 bits per heavy atom. The molecular formula is C31H23NO. The molecule has 0 bridgehead atoms. The van der Waals surface area contributed by atoms with Crippen LogP contribution in [0.2, 0.25) is 0 Å². The van der Waals surface area contributed by atoms with E-state index in [1.807, 2.05) is 0 Å². The van der Waals surface area contributed by atoms with Crippen molar-refractivity contribution in [2.45, 2.75) is 19.3 Å². The standard InChI is InChI=1S/C31H23NO/c1-31(2)27-10-6-5-9-23(27)24-15-12-21(18-28(24)31)32-20-13-16-29-26(17-20)25-14-11-19-7-3-4-8-22(19)30(25)33-29/h3-18,32H,1-2H3. The Bertz CT molecular complexity index is 1720. The first-order chi connectivity index (χ1) is 16.1. The minimum atomic E-state index is -0.00458. The molecule has 1 N–H and O–H groups in total. The molecule has 0 radical (unpaired) electrons. The Morgan fingerprint density at radius 3 is 2.30 bits per heavy atom. The topological polar surface area (TPSA) is 25.2 Å². The van der Waals surface area contributed by atoms with Gasteiger partial charge in [-0.15, -0.1) is 0 Å². The molecule has 0 unspecified atom stereocenters. The van der Waals surface area contributed by atoms with E-state index in [-0.39, 0.29) is 5.41 Å². The van der Waals surface area contributed by atoms with Gasteiger partial charge in [-0.1, -0.05) is 74.5 Å². The van der Waals surface area contributed by atoms with Crippen LogP contribution >= 0.6 is 0 Å². The minimum absolute atomic E-state index is 0.00458. The zero-order valence-corrected chi connectivity index (χ0v) is 18.6. The SMILES string of the molecule is CC1(C)c2ccccc2-c2ccc(Nc3ccc4oc5c6ccccc6ccc5c4c3)cc21. The number of furan rings is 1. The van der Waals surface area contributed by atoms with E-state index in [2.05, 4.69) is 116 Å². The Morgan fingerprint density at radius 1 is 0.606 bits per heavy atom. The van der Waals surface area contributed by atoms with Crippen molar-refractivity contribution in [3.8, 4) is 11.1 Å². The summed E-state index contributed by atoms with van der Waals surface area (Å²) < 4.78 is 6.27. The van der Waals surface area contributed by atoms with Gasteiger partial charge in [0.1, 0.15) is 11.2 Å². The van der Waals surface area contributed by atoms with Crippen molar-refractivity contribution in [2.24, 2.45) is 0 Å². The van der Waals surface area contributed by atoms with Gasteiger partial charge in [-0.2, -0.15) is 0 Å². The summed E-state index contributed by atoms with van der Waals surface area (Å²) in [5.41, 5.74) is 9.49. The Hall–Kier alpha value is -4.04. The lowest BCUT2D eigenvalue weighted by atomic mass is 9.82. The first-order valence-corrected chi connectivity index (χ1v) is 11.4. The molecule has 7 rings (SSSR count). The van der Waals surface area contributed by atoms with E-state index in [0.29, 0.717) is 0 Å². The Balaban J connectivity index is 1.31. The van der Waals surface area contributed by atoms with Crippen LogP contribution in [0, 0.1) is 0 Å². The molecule has 0 spiro atoms. The van der Waals surface area contributed by atoms with Crippen molar-refractivity contribution in [3.63, 3.8) is 0 Å². The average molecular weight is 426 g/mol. The fourth-order valence-corrected chi connectivity index (χ4v) is 5.53. The van der Waals surface area contributed by atoms with Crippen molar-refractivity contribution < 1.29 is 4.42 Å². The van der Waals surface area contributed by atoms with Gasteiger partial charge >= 0.3 is 0 Å². The van der Waals surface area contributed by atoms with Crippen molar-refractivity contribution >= 4 is 44.1 Å². The lowest BCUT2D eigenvalue weighted by Gasteiger charge is -2.22. The van der Waals surface area contributed by atoms with Crippen LogP contribution in [0.1, 0.15) is 25.0 Å². The van der Waals surface area contributed by atoms with Crippen LogP contribution in [-0.4, -0.2) is 0 Å². The molecule has 1 aromatic heterocycles. The van der Waals surface area contributed by atoms with E-state index < -0.39 is 0 Å². The molecule has 0 amide bonds. The largest absolute Gasteiger partial charge is 0.455 e. The summed E-state index contributed by atoms with van der Waals surface area (Å²) >= 11 is 0. The lowest BCUT2D eigenvalue weighted by molar-refractivity contribution is 0.660. The number of nitrogens with one attached hydrogen (secondary N) is 1. The highest BCUT2D eigenvalue weighted by Crippen LogP contribution is 2.49. The first-order valence-electron chi connectivity index (χ1n) is 11.4. The van der Waals surface area contributed by atoms with Crippen LogP contribution in [0.5, 0.6) is 0 Å². The second kappa shape index (κ2) is 6.49. The van der Waals surface area contributed by atoms with Crippen molar-refractivity contribution in [3.05, 3.63) is 108 Å². The third-order valence-corrected chi connectivity index (χ3v) is 7.23. The summed E-state index contributed by atoms with van der Waals surface area (Å²) in [6.45, 7) is 4.63. The first kappa shape index (κ1) is 18.5. The molecule has 0 fully saturated rings. The van der Waals surface area contributed by atoms with E-state index in [9.17, 15) is 0 Å². The molecule has 6 aromatic rings. The molecule has 2 heteroatoms. The molecule has 5 aromatic carbocycles. The second-order valence-corrected chi connectivity index (χ2v) is 9.53. The summed E-state index contributed by atoms with van der Waals surface area (Å²) in [5, 5.41) is 8.28. The van der Waals surface area contributed by atoms with Gasteiger partial charge in [0.15, 0.2) is 0 Å². The molecular weight excluding hydrogens is 402 g/mol. The van der Waals surface area contributed by atoms with Crippen LogP contribution in [-0.2, 0) is 5.41 Å². The van der Waals surface area contributed by atoms with Crippen molar-refractivity contribution in [2.75, 3.05) is 5.32 Å². The average Bonchev–Trinajstić information content (AvgIpc) is 3.32. The maximum absolute atomic E-state index is 6.27. The van der Waals surface area contributed by atoms with Gasteiger partial charge in [-0.25, -0.2) is 0 Å². The predicted octanol–water partition coefficient (Wildman–Crippen LogP) is 8.79. The molecule has 0 saturated carbocycles. The van der Waals surface area contributed by atoms with Gasteiger partial charge in [-0.05, 0) is 64.0 Å². The molecule has 158 valence electrons. The van der Waals surface area contributed by atoms with Gasteiger partial charge in [0, 0.05) is 32.9 Å². The highest BCUT2D eigenvalue weighted by molar-refractivity contribution is 6.15. The van der Waals surface area contributed by atoms with Crippen LogP contribution < -0.4 is 5.32 Å². The third kappa shape index (κ3) is 2.61. The lowest BCUT2D eigenvalue weighted by Crippen LogP contribution is -2.15. The number of rotatable bonds is 2. The molecule has 0 atom stereocenters. The van der Waals surface area contributed by atoms with Gasteiger partial charge in [0.25, 0.3) is 0 Å². The fourth-order valence-electron chi connectivity index (χ4n) is 5.53. The van der Waals surface area contributed by atoms with Crippen molar-refractivity contribution in [1.29, 1.82) is 0 Å². The van der Waals surface area contributed by atoms with E-state index in [0.717, 1.165) is 38.7 Å². The summed E-state index contributed by atoms with van der Waals surface area (Å²) in [7, 11) is 0. The van der Waals surface area contributed by atoms with Crippen molar-refractivity contribution in [1.82, 2.24) is 0 Å². The highest BCUT2D eigenvalue weighted by Gasteiger charge is 2.35. The number of anilines is 2. The monoisotopic (exact) mass is 425 g/mol. The molecule has 33 heavy (non-hydrogen) atoms. The smallest absolute Gasteiger partial charge is 0.143 e. The number of hydrogen-bond acceptors (Lipinski definition) is 2. The summed E-state index contributed by atoms with van der Waals surface area (Å²) in [5.74, 6) is 0. The molecule has 1 heterocycles. The van der Waals surface area contributed by atoms with Crippen LogP contribution in [0.3, 0.4) is 0 Å². The maximum atomic E-state index is 6.27. The number of benzene rings is 5. The second-order valence-electron chi connectivity index (χ2n) is 9.53.